The van der Waals surface area contributed by atoms with Gasteiger partial charge in [0.05, 0.1) is 6.61 Å². The minimum absolute atomic E-state index is 0.0708. The number of alkyl halides is 3. The van der Waals surface area contributed by atoms with E-state index in [0.717, 1.165) is 0 Å². The van der Waals surface area contributed by atoms with Gasteiger partial charge in [-0.1, -0.05) is 0 Å². The van der Waals surface area contributed by atoms with Gasteiger partial charge in [0.25, 0.3) is 0 Å². The van der Waals surface area contributed by atoms with E-state index in [1.807, 2.05) is 0 Å². The molecule has 1 saturated heterocycles. The third-order valence-electron chi connectivity index (χ3n) is 2.93. The van der Waals surface area contributed by atoms with Gasteiger partial charge in [-0.3, -0.25) is 4.79 Å². The summed E-state index contributed by atoms with van der Waals surface area (Å²) in [4.78, 5) is 24.1. The second-order valence-electron chi connectivity index (χ2n) is 4.70. The number of hydrogen-bond donors (Lipinski definition) is 1. The highest BCUT2D eigenvalue weighted by Gasteiger charge is 2.37. The highest BCUT2D eigenvalue weighted by Crippen LogP contribution is 2.21. The van der Waals surface area contributed by atoms with Crippen LogP contribution in [0.25, 0.3) is 0 Å². The maximum Gasteiger partial charge on any atom is 0.406 e. The number of ether oxygens (including phenoxy) is 1. The molecule has 1 atom stereocenters. The number of nitrogens with zero attached hydrogens (tertiary/aromatic N) is 2. The molecule has 1 heterocycles. The van der Waals surface area contributed by atoms with Gasteiger partial charge in [0.1, 0.15) is 13.1 Å². The number of halogens is 3. The third kappa shape index (κ3) is 5.24. The highest BCUT2D eigenvalue weighted by molar-refractivity contribution is 5.80. The van der Waals surface area contributed by atoms with Gasteiger partial charge in [-0.2, -0.15) is 13.2 Å². The number of carbonyl (C=O) groups is 2. The fraction of sp³-hybridized carbons (Fsp3) is 0.818. The van der Waals surface area contributed by atoms with Gasteiger partial charge >= 0.3 is 18.2 Å². The Bertz CT molecular complexity index is 362. The molecule has 0 aromatic heterocycles. The van der Waals surface area contributed by atoms with Gasteiger partial charge in [0.15, 0.2) is 0 Å². The molecule has 1 fully saturated rings. The van der Waals surface area contributed by atoms with E-state index in [0.29, 0.717) is 24.5 Å². The van der Waals surface area contributed by atoms with Crippen molar-refractivity contribution in [1.82, 2.24) is 9.80 Å². The molecule has 0 aliphatic carbocycles. The molecule has 9 heteroatoms. The number of likely N-dealkylation sites (tertiary alicyclic amines) is 1. The zero-order valence-electron chi connectivity index (χ0n) is 11.0. The monoisotopic (exact) mass is 298 g/mol. The van der Waals surface area contributed by atoms with Crippen LogP contribution in [0.4, 0.5) is 18.0 Å². The predicted molar refractivity (Wildman–Crippen MR) is 62.2 cm³/mol. The van der Waals surface area contributed by atoms with Gasteiger partial charge in [-0.05, 0) is 6.42 Å². The van der Waals surface area contributed by atoms with Crippen LogP contribution in [0, 0.1) is 5.92 Å². The molecule has 0 aromatic rings. The van der Waals surface area contributed by atoms with Gasteiger partial charge in [-0.15, -0.1) is 0 Å². The molecule has 0 saturated carbocycles. The lowest BCUT2D eigenvalue weighted by molar-refractivity contribution is -0.149. The van der Waals surface area contributed by atoms with Crippen molar-refractivity contribution >= 4 is 12.0 Å². The Labute approximate surface area is 114 Å². The van der Waals surface area contributed by atoms with Crippen LogP contribution in [0.5, 0.6) is 0 Å². The van der Waals surface area contributed by atoms with Crippen LogP contribution in [-0.4, -0.2) is 73.0 Å². The number of rotatable bonds is 5. The summed E-state index contributed by atoms with van der Waals surface area (Å²) in [7, 11) is 1.50. The summed E-state index contributed by atoms with van der Waals surface area (Å²) in [6.07, 6.45) is -4.00. The van der Waals surface area contributed by atoms with Crippen LogP contribution in [-0.2, 0) is 9.53 Å². The molecule has 2 amide bonds. The Morgan fingerprint density at radius 1 is 1.45 bits per heavy atom. The smallest absolute Gasteiger partial charge is 0.406 e. The first kappa shape index (κ1) is 16.5. The van der Waals surface area contributed by atoms with Crippen LogP contribution in [0.2, 0.25) is 0 Å². The Balaban J connectivity index is 2.66. The lowest BCUT2D eigenvalue weighted by atomic mass is 10.1. The van der Waals surface area contributed by atoms with Crippen molar-refractivity contribution < 1.29 is 32.6 Å². The Morgan fingerprint density at radius 2 is 2.10 bits per heavy atom. The number of amides is 2. The average Bonchev–Trinajstić information content (AvgIpc) is 2.73. The van der Waals surface area contributed by atoms with E-state index in [2.05, 4.69) is 0 Å². The van der Waals surface area contributed by atoms with E-state index in [1.54, 1.807) is 0 Å². The topological polar surface area (TPSA) is 70.1 Å². The standard InChI is InChI=1S/C11H17F3N2O4/c1-20-6-8-2-3-15(4-8)10(19)16(5-9(17)18)7-11(12,13)14/h8H,2-7H2,1H3,(H,17,18). The quantitative estimate of drug-likeness (QED) is 0.823. The van der Waals surface area contributed by atoms with Crippen molar-refractivity contribution in [2.24, 2.45) is 5.92 Å². The molecule has 1 aliphatic rings. The summed E-state index contributed by atoms with van der Waals surface area (Å²) >= 11 is 0. The van der Waals surface area contributed by atoms with Crippen molar-refractivity contribution in [3.05, 3.63) is 0 Å². The number of methoxy groups -OCH3 is 1. The summed E-state index contributed by atoms with van der Waals surface area (Å²) in [5.74, 6) is -1.41. The molecule has 1 unspecified atom stereocenters. The number of carboxylic acids is 1. The SMILES string of the molecule is COCC1CCN(C(=O)N(CC(=O)O)CC(F)(F)F)C1. The summed E-state index contributed by atoms with van der Waals surface area (Å²) in [5.41, 5.74) is 0. The fourth-order valence-electron chi connectivity index (χ4n) is 2.15. The molecule has 1 N–H and O–H groups in total. The van der Waals surface area contributed by atoms with E-state index in [-0.39, 0.29) is 12.5 Å². The number of carboxylic acid groups (broad SMARTS) is 1. The van der Waals surface area contributed by atoms with Gasteiger partial charge < -0.3 is 19.6 Å². The first-order valence-corrected chi connectivity index (χ1v) is 6.04. The van der Waals surface area contributed by atoms with Crippen molar-refractivity contribution in [3.8, 4) is 0 Å². The van der Waals surface area contributed by atoms with Crippen LogP contribution in [0.3, 0.4) is 0 Å². The zero-order valence-corrected chi connectivity index (χ0v) is 11.0. The molecular weight excluding hydrogens is 281 g/mol. The predicted octanol–water partition coefficient (Wildman–Crippen LogP) is 1.02. The zero-order chi connectivity index (χ0) is 15.3. The summed E-state index contributed by atoms with van der Waals surface area (Å²) in [6.45, 7) is -1.53. The lowest BCUT2D eigenvalue weighted by Crippen LogP contribution is -2.48. The third-order valence-corrected chi connectivity index (χ3v) is 2.93. The van der Waals surface area contributed by atoms with Gasteiger partial charge in [-0.25, -0.2) is 4.79 Å². The van der Waals surface area contributed by atoms with E-state index < -0.39 is 31.3 Å². The van der Waals surface area contributed by atoms with E-state index in [9.17, 15) is 22.8 Å². The van der Waals surface area contributed by atoms with E-state index >= 15 is 0 Å². The molecule has 1 aliphatic heterocycles. The van der Waals surface area contributed by atoms with Gasteiger partial charge in [0.2, 0.25) is 0 Å². The Morgan fingerprint density at radius 3 is 2.60 bits per heavy atom. The second kappa shape index (κ2) is 6.78. The van der Waals surface area contributed by atoms with Crippen molar-refractivity contribution in [2.75, 3.05) is 39.9 Å². The number of aliphatic carboxylic acids is 1. The van der Waals surface area contributed by atoms with Crippen molar-refractivity contribution in [3.63, 3.8) is 0 Å². The molecule has 0 radical (unpaired) electrons. The van der Waals surface area contributed by atoms with Crippen molar-refractivity contribution in [2.45, 2.75) is 12.6 Å². The minimum atomic E-state index is -4.63. The molecule has 0 spiro atoms. The molecular formula is C11H17F3N2O4. The average molecular weight is 298 g/mol. The maximum absolute atomic E-state index is 12.4. The molecule has 0 aromatic carbocycles. The molecule has 116 valence electrons. The second-order valence-corrected chi connectivity index (χ2v) is 4.70. The van der Waals surface area contributed by atoms with Crippen LogP contribution < -0.4 is 0 Å². The Kier molecular flexibility index (Phi) is 5.61. The maximum atomic E-state index is 12.4. The summed E-state index contributed by atoms with van der Waals surface area (Å²) < 4.78 is 42.1. The van der Waals surface area contributed by atoms with Gasteiger partial charge in [0, 0.05) is 26.1 Å². The molecule has 20 heavy (non-hydrogen) atoms. The summed E-state index contributed by atoms with van der Waals surface area (Å²) in [5, 5.41) is 8.61. The largest absolute Gasteiger partial charge is 0.480 e. The first-order chi connectivity index (χ1) is 9.23. The van der Waals surface area contributed by atoms with Crippen LogP contribution in [0.1, 0.15) is 6.42 Å². The number of urea groups is 1. The molecule has 6 nitrogen and oxygen atoms in total. The lowest BCUT2D eigenvalue weighted by Gasteiger charge is -2.27. The highest BCUT2D eigenvalue weighted by atomic mass is 19.4. The van der Waals surface area contributed by atoms with Crippen molar-refractivity contribution in [1.29, 1.82) is 0 Å². The number of carbonyl (C=O) groups excluding carboxylic acids is 1. The minimum Gasteiger partial charge on any atom is -0.480 e. The van der Waals surface area contributed by atoms with E-state index in [1.165, 1.54) is 12.0 Å². The normalized spacial score (nSPS) is 19.2. The molecule has 1 rings (SSSR count). The Hall–Kier alpha value is -1.51. The fourth-order valence-corrected chi connectivity index (χ4v) is 2.15. The van der Waals surface area contributed by atoms with E-state index in [4.69, 9.17) is 9.84 Å². The summed E-state index contributed by atoms with van der Waals surface area (Å²) in [6, 6.07) is -0.900. The molecule has 0 bridgehead atoms. The first-order valence-electron chi connectivity index (χ1n) is 6.04. The number of hydrogen-bond acceptors (Lipinski definition) is 3. The van der Waals surface area contributed by atoms with Crippen LogP contribution in [0.15, 0.2) is 0 Å². The van der Waals surface area contributed by atoms with Crippen LogP contribution >= 0.6 is 0 Å².